The van der Waals surface area contributed by atoms with Crippen molar-refractivity contribution in [1.29, 1.82) is 0 Å². The summed E-state index contributed by atoms with van der Waals surface area (Å²) in [7, 11) is -3.65. The van der Waals surface area contributed by atoms with Crippen molar-refractivity contribution in [2.75, 3.05) is 19.4 Å². The van der Waals surface area contributed by atoms with Gasteiger partial charge in [-0.1, -0.05) is 168 Å². The number of carbonyl (C=O) groups excluding carboxylic acids is 4. The fourth-order valence-electron chi connectivity index (χ4n) is 6.43. The second-order valence-electron chi connectivity index (χ2n) is 15.3. The van der Waals surface area contributed by atoms with Crippen LogP contribution in [0.15, 0.2) is 0 Å². The van der Waals surface area contributed by atoms with E-state index < -0.39 is 40.0 Å². The zero-order chi connectivity index (χ0) is 40.1. The van der Waals surface area contributed by atoms with E-state index in [4.69, 9.17) is 15.2 Å². The molecule has 0 bridgehead atoms. The Labute approximate surface area is 330 Å². The van der Waals surface area contributed by atoms with E-state index in [2.05, 4.69) is 19.2 Å². The molecule has 0 aromatic heterocycles. The van der Waals surface area contributed by atoms with E-state index in [0.29, 0.717) is 12.8 Å². The van der Waals surface area contributed by atoms with Crippen LogP contribution in [-0.2, 0) is 38.7 Å². The maximum absolute atomic E-state index is 12.7. The van der Waals surface area contributed by atoms with E-state index in [1.807, 2.05) is 4.72 Å². The molecule has 12 heteroatoms. The predicted molar refractivity (Wildman–Crippen MR) is 219 cm³/mol. The molecule has 0 rings (SSSR count). The number of hydrogen-bond donors (Lipinski definition) is 3. The van der Waals surface area contributed by atoms with E-state index in [9.17, 15) is 27.6 Å². The van der Waals surface area contributed by atoms with Crippen molar-refractivity contribution >= 4 is 33.8 Å². The first-order valence-corrected chi connectivity index (χ1v) is 23.8. The van der Waals surface area contributed by atoms with Gasteiger partial charge in [0.25, 0.3) is 0 Å². The molecular weight excluding hydrogens is 707 g/mol. The van der Waals surface area contributed by atoms with Crippen molar-refractivity contribution in [2.24, 2.45) is 5.73 Å². The lowest BCUT2D eigenvalue weighted by Crippen LogP contribution is -2.45. The first kappa shape index (κ1) is 51.8. The van der Waals surface area contributed by atoms with Gasteiger partial charge in [0, 0.05) is 19.3 Å². The second kappa shape index (κ2) is 36.4. The summed E-state index contributed by atoms with van der Waals surface area (Å²) in [4.78, 5) is 49.6. The normalized spacial score (nSPS) is 12.6. The maximum atomic E-state index is 12.7. The molecule has 2 amide bonds. The van der Waals surface area contributed by atoms with Gasteiger partial charge in [0.05, 0.1) is 18.8 Å². The number of rotatable bonds is 39. The average molecular weight is 788 g/mol. The Kier molecular flexibility index (Phi) is 34.9. The van der Waals surface area contributed by atoms with Crippen molar-refractivity contribution in [3.63, 3.8) is 0 Å². The van der Waals surface area contributed by atoms with Gasteiger partial charge >= 0.3 is 11.9 Å². The van der Waals surface area contributed by atoms with Gasteiger partial charge in [-0.3, -0.25) is 23.9 Å². The third-order valence-electron chi connectivity index (χ3n) is 9.76. The smallest absolute Gasteiger partial charge is 0.306 e. The Balaban J connectivity index is 4.51. The quantitative estimate of drug-likeness (QED) is 0.0406. The van der Waals surface area contributed by atoms with Gasteiger partial charge in [0.15, 0.2) is 6.10 Å². The van der Waals surface area contributed by atoms with Crippen LogP contribution in [0.1, 0.15) is 213 Å². The van der Waals surface area contributed by atoms with Gasteiger partial charge in [-0.25, -0.2) is 8.42 Å². The minimum atomic E-state index is -3.65. The number of unbranched alkanes of at least 4 members (excludes halogenated alkanes) is 24. The fraction of sp³-hybridized carbons (Fsp3) is 0.905. The number of sulfonamides is 1. The molecule has 0 heterocycles. The monoisotopic (exact) mass is 788 g/mol. The first-order valence-electron chi connectivity index (χ1n) is 21.9. The Hall–Kier alpha value is -2.21. The third kappa shape index (κ3) is 36.8. The Morgan fingerprint density at radius 3 is 1.35 bits per heavy atom. The van der Waals surface area contributed by atoms with E-state index in [-0.39, 0.29) is 44.8 Å². The largest absolute Gasteiger partial charge is 0.462 e. The summed E-state index contributed by atoms with van der Waals surface area (Å²) >= 11 is 0. The molecule has 54 heavy (non-hydrogen) atoms. The minimum absolute atomic E-state index is 0.0720. The summed E-state index contributed by atoms with van der Waals surface area (Å²) in [5, 5.41) is 2.67. The number of esters is 2. The standard InChI is InChI=1S/C42H81N3O8S/c1-4-6-8-10-12-14-16-18-20-22-24-26-28-33-40(47)52-36-37(35-44-42(49)38(43)31-30-32-39(46)45-54(3,50)51)53-41(48)34-29-27-25-23-21-19-17-15-13-11-9-7-5-2/h37-38H,4-36,43H2,1-3H3,(H,44,49)(H,45,46). The van der Waals surface area contributed by atoms with Crippen LogP contribution in [0.4, 0.5) is 0 Å². The molecule has 0 aromatic carbocycles. The van der Waals surface area contributed by atoms with Gasteiger partial charge in [0.1, 0.15) is 6.61 Å². The molecule has 0 aliphatic carbocycles. The molecule has 0 aromatic rings. The van der Waals surface area contributed by atoms with Gasteiger partial charge < -0.3 is 20.5 Å². The van der Waals surface area contributed by atoms with E-state index in [1.54, 1.807) is 0 Å². The molecule has 0 aliphatic heterocycles. The van der Waals surface area contributed by atoms with Crippen LogP contribution in [-0.4, -0.2) is 63.7 Å². The van der Waals surface area contributed by atoms with Crippen molar-refractivity contribution in [3.8, 4) is 0 Å². The van der Waals surface area contributed by atoms with Crippen LogP contribution in [0.3, 0.4) is 0 Å². The lowest BCUT2D eigenvalue weighted by Gasteiger charge is -2.20. The van der Waals surface area contributed by atoms with Crippen molar-refractivity contribution in [1.82, 2.24) is 10.0 Å². The van der Waals surface area contributed by atoms with Gasteiger partial charge in [0.2, 0.25) is 21.8 Å². The van der Waals surface area contributed by atoms with Gasteiger partial charge in [-0.15, -0.1) is 0 Å². The Morgan fingerprint density at radius 1 is 0.556 bits per heavy atom. The van der Waals surface area contributed by atoms with Crippen molar-refractivity contribution in [2.45, 2.75) is 225 Å². The molecule has 0 radical (unpaired) electrons. The topological polar surface area (TPSA) is 171 Å². The highest BCUT2D eigenvalue weighted by molar-refractivity contribution is 7.89. The highest BCUT2D eigenvalue weighted by Gasteiger charge is 2.21. The van der Waals surface area contributed by atoms with Crippen molar-refractivity contribution in [3.05, 3.63) is 0 Å². The number of ether oxygens (including phenoxy) is 2. The summed E-state index contributed by atoms with van der Waals surface area (Å²) in [6.07, 6.45) is 32.4. The highest BCUT2D eigenvalue weighted by Crippen LogP contribution is 2.15. The van der Waals surface area contributed by atoms with Crippen LogP contribution in [0.5, 0.6) is 0 Å². The van der Waals surface area contributed by atoms with Crippen LogP contribution in [0.2, 0.25) is 0 Å². The lowest BCUT2D eigenvalue weighted by atomic mass is 10.0. The Bertz CT molecular complexity index is 1060. The molecule has 11 nitrogen and oxygen atoms in total. The Morgan fingerprint density at radius 2 is 0.944 bits per heavy atom. The average Bonchev–Trinajstić information content (AvgIpc) is 3.12. The molecule has 0 saturated carbocycles. The number of amides is 2. The van der Waals surface area contributed by atoms with E-state index in [0.717, 1.165) is 44.8 Å². The van der Waals surface area contributed by atoms with E-state index in [1.165, 1.54) is 122 Å². The van der Waals surface area contributed by atoms with Crippen molar-refractivity contribution < 1.29 is 37.1 Å². The first-order chi connectivity index (χ1) is 26.0. The van der Waals surface area contributed by atoms with Crippen LogP contribution in [0.25, 0.3) is 0 Å². The third-order valence-corrected chi connectivity index (χ3v) is 10.4. The molecule has 0 fully saturated rings. The van der Waals surface area contributed by atoms with Crippen LogP contribution in [0, 0.1) is 0 Å². The maximum Gasteiger partial charge on any atom is 0.306 e. The molecule has 0 saturated heterocycles. The predicted octanol–water partition coefficient (Wildman–Crippen LogP) is 9.09. The number of carbonyl (C=O) groups is 4. The highest BCUT2D eigenvalue weighted by atomic mass is 32.2. The van der Waals surface area contributed by atoms with Gasteiger partial charge in [-0.2, -0.15) is 0 Å². The van der Waals surface area contributed by atoms with E-state index >= 15 is 0 Å². The summed E-state index contributed by atoms with van der Waals surface area (Å²) in [6.45, 7) is 4.25. The van der Waals surface area contributed by atoms with Crippen LogP contribution < -0.4 is 15.8 Å². The summed E-state index contributed by atoms with van der Waals surface area (Å²) in [5.74, 6) is -1.92. The molecule has 318 valence electrons. The zero-order valence-electron chi connectivity index (χ0n) is 34.7. The molecule has 0 spiro atoms. The molecule has 2 unspecified atom stereocenters. The molecule has 0 aliphatic rings. The molecule has 2 atom stereocenters. The number of nitrogens with one attached hydrogen (secondary N) is 2. The summed E-state index contributed by atoms with van der Waals surface area (Å²) in [5.41, 5.74) is 5.99. The van der Waals surface area contributed by atoms with Gasteiger partial charge in [-0.05, 0) is 25.7 Å². The lowest BCUT2D eigenvalue weighted by molar-refractivity contribution is -0.159. The number of hydrogen-bond acceptors (Lipinski definition) is 9. The van der Waals surface area contributed by atoms with Crippen LogP contribution >= 0.6 is 0 Å². The fourth-order valence-corrected chi connectivity index (χ4v) is 6.94. The minimum Gasteiger partial charge on any atom is -0.462 e. The summed E-state index contributed by atoms with van der Waals surface area (Å²) < 4.78 is 35.4. The molecule has 4 N–H and O–H groups in total. The summed E-state index contributed by atoms with van der Waals surface area (Å²) in [6, 6.07) is -0.948. The zero-order valence-corrected chi connectivity index (χ0v) is 35.6. The SMILES string of the molecule is CCCCCCCCCCCCCCCC(=O)OCC(CNC(=O)C(N)CCCC(=O)NS(C)(=O)=O)OC(=O)CCCCCCCCCCCCCCC. The second-order valence-corrected chi connectivity index (χ2v) is 17.1. The number of nitrogens with two attached hydrogens (primary N) is 1. The molecular formula is C42H81N3O8S.